The summed E-state index contributed by atoms with van der Waals surface area (Å²) in [6.45, 7) is 0. The van der Waals surface area contributed by atoms with Crippen LogP contribution in [0.3, 0.4) is 0 Å². The summed E-state index contributed by atoms with van der Waals surface area (Å²) in [5.41, 5.74) is 0.923. The first-order chi connectivity index (χ1) is 11.6. The fraction of sp³-hybridized carbons (Fsp3) is 0.222. The van der Waals surface area contributed by atoms with E-state index < -0.39 is 5.82 Å². The number of anilines is 2. The van der Waals surface area contributed by atoms with Crippen molar-refractivity contribution in [3.63, 3.8) is 0 Å². The minimum Gasteiger partial charge on any atom is -0.497 e. The van der Waals surface area contributed by atoms with Crippen molar-refractivity contribution in [2.45, 2.75) is 12.8 Å². The molecule has 124 valence electrons. The number of amides is 2. The average molecular weight is 328 g/mol. The molecule has 1 fully saturated rings. The van der Waals surface area contributed by atoms with E-state index in [0.29, 0.717) is 17.0 Å². The van der Waals surface area contributed by atoms with Gasteiger partial charge in [-0.2, -0.15) is 0 Å². The molecule has 2 aromatic rings. The molecule has 1 saturated carbocycles. The maximum absolute atomic E-state index is 13.8. The van der Waals surface area contributed by atoms with Crippen LogP contribution in [0.4, 0.5) is 15.8 Å². The molecule has 0 spiro atoms. The lowest BCUT2D eigenvalue weighted by atomic mass is 10.2. The number of rotatable bonds is 5. The van der Waals surface area contributed by atoms with E-state index in [2.05, 4.69) is 10.6 Å². The smallest absolute Gasteiger partial charge is 0.255 e. The highest BCUT2D eigenvalue weighted by Crippen LogP contribution is 2.31. The zero-order valence-corrected chi connectivity index (χ0v) is 13.1. The molecule has 0 atom stereocenters. The molecular weight excluding hydrogens is 311 g/mol. The summed E-state index contributed by atoms with van der Waals surface area (Å²) in [4.78, 5) is 24.0. The van der Waals surface area contributed by atoms with Gasteiger partial charge >= 0.3 is 0 Å². The van der Waals surface area contributed by atoms with Crippen molar-refractivity contribution in [1.29, 1.82) is 0 Å². The van der Waals surface area contributed by atoms with Crippen LogP contribution in [-0.4, -0.2) is 18.9 Å². The lowest BCUT2D eigenvalue weighted by Gasteiger charge is -2.10. The minimum absolute atomic E-state index is 0.0260. The molecule has 1 aliphatic carbocycles. The molecule has 5 nitrogen and oxygen atoms in total. The normalized spacial score (nSPS) is 13.2. The summed E-state index contributed by atoms with van der Waals surface area (Å²) in [6, 6.07) is 10.7. The molecule has 0 aliphatic heterocycles. The predicted octanol–water partition coefficient (Wildman–Crippen LogP) is 3.44. The molecular formula is C18H17FN2O3. The zero-order chi connectivity index (χ0) is 17.1. The quantitative estimate of drug-likeness (QED) is 0.883. The van der Waals surface area contributed by atoms with Gasteiger partial charge in [0.05, 0.1) is 12.8 Å². The highest BCUT2D eigenvalue weighted by atomic mass is 19.1. The van der Waals surface area contributed by atoms with E-state index in [0.717, 1.165) is 12.8 Å². The van der Waals surface area contributed by atoms with Crippen molar-refractivity contribution >= 4 is 23.2 Å². The molecule has 2 N–H and O–H groups in total. The molecule has 0 aromatic heterocycles. The van der Waals surface area contributed by atoms with Crippen LogP contribution in [0.1, 0.15) is 23.2 Å². The van der Waals surface area contributed by atoms with E-state index in [-0.39, 0.29) is 23.4 Å². The van der Waals surface area contributed by atoms with Crippen LogP contribution in [-0.2, 0) is 4.79 Å². The topological polar surface area (TPSA) is 67.4 Å². The van der Waals surface area contributed by atoms with Crippen LogP contribution in [0.15, 0.2) is 42.5 Å². The fourth-order valence-corrected chi connectivity index (χ4v) is 2.22. The van der Waals surface area contributed by atoms with Gasteiger partial charge < -0.3 is 15.4 Å². The summed E-state index contributed by atoms with van der Waals surface area (Å²) in [5, 5.41) is 5.24. The van der Waals surface area contributed by atoms with Crippen LogP contribution in [0.2, 0.25) is 0 Å². The van der Waals surface area contributed by atoms with Gasteiger partial charge in [-0.25, -0.2) is 4.39 Å². The number of benzene rings is 2. The molecule has 1 aliphatic rings. The molecule has 3 rings (SSSR count). The third kappa shape index (κ3) is 3.71. The van der Waals surface area contributed by atoms with Crippen LogP contribution in [0, 0.1) is 11.7 Å². The Morgan fingerprint density at radius 2 is 1.79 bits per heavy atom. The highest BCUT2D eigenvalue weighted by molar-refractivity contribution is 6.04. The van der Waals surface area contributed by atoms with Crippen LogP contribution in [0.5, 0.6) is 5.75 Å². The Labute approximate surface area is 138 Å². The van der Waals surface area contributed by atoms with E-state index in [4.69, 9.17) is 4.74 Å². The fourth-order valence-electron chi connectivity index (χ4n) is 2.22. The number of nitrogens with one attached hydrogen (secondary N) is 2. The number of hydrogen-bond acceptors (Lipinski definition) is 3. The first-order valence-electron chi connectivity index (χ1n) is 7.62. The monoisotopic (exact) mass is 328 g/mol. The zero-order valence-electron chi connectivity index (χ0n) is 13.1. The van der Waals surface area contributed by atoms with Gasteiger partial charge in [0.25, 0.3) is 5.91 Å². The molecule has 0 bridgehead atoms. The van der Waals surface area contributed by atoms with Crippen molar-refractivity contribution in [2.24, 2.45) is 5.92 Å². The van der Waals surface area contributed by atoms with Crippen LogP contribution >= 0.6 is 0 Å². The SMILES string of the molecule is COc1ccc(C(=O)Nc2ccc(F)c(NC(=O)C3CC3)c2)cc1. The molecule has 0 radical (unpaired) electrons. The molecule has 6 heteroatoms. The first kappa shape index (κ1) is 16.0. The lowest BCUT2D eigenvalue weighted by Crippen LogP contribution is -2.16. The number of ether oxygens (including phenoxy) is 1. The molecule has 0 saturated heterocycles. The van der Waals surface area contributed by atoms with Gasteiger partial charge in [-0.15, -0.1) is 0 Å². The number of carbonyl (C=O) groups excluding carboxylic acids is 2. The van der Waals surface area contributed by atoms with Gasteiger partial charge in [-0.1, -0.05) is 0 Å². The molecule has 24 heavy (non-hydrogen) atoms. The Bertz CT molecular complexity index is 770. The molecule has 0 unspecified atom stereocenters. The first-order valence-corrected chi connectivity index (χ1v) is 7.62. The Morgan fingerprint density at radius 1 is 1.08 bits per heavy atom. The summed E-state index contributed by atoms with van der Waals surface area (Å²) in [7, 11) is 1.55. The highest BCUT2D eigenvalue weighted by Gasteiger charge is 2.30. The predicted molar refractivity (Wildman–Crippen MR) is 88.7 cm³/mol. The second-order valence-electron chi connectivity index (χ2n) is 5.64. The molecule has 2 aromatic carbocycles. The second-order valence-corrected chi connectivity index (χ2v) is 5.64. The Balaban J connectivity index is 1.71. The van der Waals surface area contributed by atoms with Crippen LogP contribution < -0.4 is 15.4 Å². The van der Waals surface area contributed by atoms with Crippen molar-refractivity contribution in [2.75, 3.05) is 17.7 Å². The van der Waals surface area contributed by atoms with Crippen molar-refractivity contribution < 1.29 is 18.7 Å². The Kier molecular flexibility index (Phi) is 4.46. The summed E-state index contributed by atoms with van der Waals surface area (Å²) < 4.78 is 18.9. The second kappa shape index (κ2) is 6.70. The van der Waals surface area contributed by atoms with E-state index in [1.165, 1.54) is 18.2 Å². The van der Waals surface area contributed by atoms with Gasteiger partial charge in [-0.3, -0.25) is 9.59 Å². The third-order valence-corrected chi connectivity index (χ3v) is 3.78. The maximum Gasteiger partial charge on any atom is 0.255 e. The van der Waals surface area contributed by atoms with E-state index >= 15 is 0 Å². The largest absolute Gasteiger partial charge is 0.497 e. The van der Waals surface area contributed by atoms with Gasteiger partial charge in [-0.05, 0) is 55.3 Å². The number of halogens is 1. The Hall–Kier alpha value is -2.89. The number of carbonyl (C=O) groups is 2. The summed E-state index contributed by atoms with van der Waals surface area (Å²) in [5.74, 6) is -0.428. The maximum atomic E-state index is 13.8. The number of methoxy groups -OCH3 is 1. The van der Waals surface area contributed by atoms with E-state index in [1.807, 2.05) is 0 Å². The van der Waals surface area contributed by atoms with Gasteiger partial charge in [0.15, 0.2) is 0 Å². The van der Waals surface area contributed by atoms with Crippen molar-refractivity contribution in [3.05, 3.63) is 53.8 Å². The molecule has 2 amide bonds. The van der Waals surface area contributed by atoms with Crippen LogP contribution in [0.25, 0.3) is 0 Å². The lowest BCUT2D eigenvalue weighted by molar-refractivity contribution is -0.117. The minimum atomic E-state index is -0.536. The van der Waals surface area contributed by atoms with E-state index in [1.54, 1.807) is 31.4 Å². The van der Waals surface area contributed by atoms with Gasteiger partial charge in [0.2, 0.25) is 5.91 Å². The third-order valence-electron chi connectivity index (χ3n) is 3.78. The number of hydrogen-bond donors (Lipinski definition) is 2. The van der Waals surface area contributed by atoms with Gasteiger partial charge in [0, 0.05) is 17.2 Å². The van der Waals surface area contributed by atoms with E-state index in [9.17, 15) is 14.0 Å². The Morgan fingerprint density at radius 3 is 2.42 bits per heavy atom. The summed E-state index contributed by atoms with van der Waals surface area (Å²) in [6.07, 6.45) is 1.67. The average Bonchev–Trinajstić information content (AvgIpc) is 3.43. The van der Waals surface area contributed by atoms with Crippen molar-refractivity contribution in [1.82, 2.24) is 0 Å². The van der Waals surface area contributed by atoms with Gasteiger partial charge in [0.1, 0.15) is 11.6 Å². The van der Waals surface area contributed by atoms with Crippen molar-refractivity contribution in [3.8, 4) is 5.75 Å². The standard InChI is InChI=1S/C18H17FN2O3/c1-24-14-7-4-12(5-8-14)17(22)20-13-6-9-15(19)16(10-13)21-18(23)11-2-3-11/h4-11H,2-3H2,1H3,(H,20,22)(H,21,23). The molecule has 0 heterocycles. The summed E-state index contributed by atoms with van der Waals surface area (Å²) >= 11 is 0.